The summed E-state index contributed by atoms with van der Waals surface area (Å²) in [5.74, 6) is 0. The van der Waals surface area contributed by atoms with Crippen molar-refractivity contribution >= 4 is 44.0 Å². The Kier molecular flexibility index (Phi) is 3.72. The Morgan fingerprint density at radius 1 is 1.29 bits per heavy atom. The molecule has 0 fully saturated rings. The van der Waals surface area contributed by atoms with Gasteiger partial charge >= 0.3 is 0 Å². The number of aromatic nitrogens is 1. The fourth-order valence-corrected chi connectivity index (χ4v) is 3.01. The largest absolute Gasteiger partial charge is 0.357 e. The van der Waals surface area contributed by atoms with Crippen LogP contribution < -0.4 is 5.32 Å². The lowest BCUT2D eigenvalue weighted by Gasteiger charge is -2.04. The standard InChI is InChI=1S/C14H10ClN3O2S/c15-11-4-2-1-3-9(11)8-16-14-17-12-6-5-10(18(19)20)7-13(12)21-14/h1-7H,8H2,(H,16,17). The van der Waals surface area contributed by atoms with Crippen molar-refractivity contribution in [3.05, 3.63) is 63.2 Å². The Bertz CT molecular complexity index is 819. The molecule has 0 saturated carbocycles. The zero-order valence-corrected chi connectivity index (χ0v) is 12.3. The van der Waals surface area contributed by atoms with Gasteiger partial charge < -0.3 is 5.32 Å². The summed E-state index contributed by atoms with van der Waals surface area (Å²) in [7, 11) is 0. The van der Waals surface area contributed by atoms with E-state index in [1.165, 1.54) is 23.5 Å². The topological polar surface area (TPSA) is 68.1 Å². The summed E-state index contributed by atoms with van der Waals surface area (Å²) in [4.78, 5) is 14.8. The highest BCUT2D eigenvalue weighted by molar-refractivity contribution is 7.22. The lowest BCUT2D eigenvalue weighted by atomic mass is 10.2. The molecule has 0 atom stereocenters. The highest BCUT2D eigenvalue weighted by Crippen LogP contribution is 2.29. The predicted octanol–water partition coefficient (Wildman–Crippen LogP) is 4.47. The molecule has 0 amide bonds. The Morgan fingerprint density at radius 2 is 2.10 bits per heavy atom. The van der Waals surface area contributed by atoms with Crippen molar-refractivity contribution < 1.29 is 4.92 Å². The first-order valence-corrected chi connectivity index (χ1v) is 7.35. The number of nitro groups is 1. The van der Waals surface area contributed by atoms with Crippen molar-refractivity contribution in [2.75, 3.05) is 5.32 Å². The molecule has 3 aromatic rings. The average Bonchev–Trinajstić information content (AvgIpc) is 2.88. The monoisotopic (exact) mass is 319 g/mol. The number of hydrogen-bond donors (Lipinski definition) is 1. The number of hydrogen-bond acceptors (Lipinski definition) is 5. The van der Waals surface area contributed by atoms with Crippen molar-refractivity contribution in [2.45, 2.75) is 6.54 Å². The van der Waals surface area contributed by atoms with Crippen molar-refractivity contribution in [1.82, 2.24) is 4.98 Å². The van der Waals surface area contributed by atoms with E-state index < -0.39 is 4.92 Å². The zero-order valence-electron chi connectivity index (χ0n) is 10.7. The molecular formula is C14H10ClN3O2S. The number of rotatable bonds is 4. The van der Waals surface area contributed by atoms with Gasteiger partial charge in [-0.25, -0.2) is 4.98 Å². The van der Waals surface area contributed by atoms with Crippen LogP contribution in [0.5, 0.6) is 0 Å². The second kappa shape index (κ2) is 5.67. The van der Waals surface area contributed by atoms with Crippen LogP contribution in [0.3, 0.4) is 0 Å². The molecule has 0 aliphatic rings. The van der Waals surface area contributed by atoms with E-state index in [1.54, 1.807) is 6.07 Å². The molecule has 0 unspecified atom stereocenters. The van der Waals surface area contributed by atoms with E-state index in [9.17, 15) is 10.1 Å². The summed E-state index contributed by atoms with van der Waals surface area (Å²) in [5.41, 5.74) is 1.79. The molecular weight excluding hydrogens is 310 g/mol. The average molecular weight is 320 g/mol. The highest BCUT2D eigenvalue weighted by Gasteiger charge is 2.10. The Balaban J connectivity index is 1.82. The van der Waals surface area contributed by atoms with Gasteiger partial charge in [0.05, 0.1) is 15.1 Å². The molecule has 0 aliphatic carbocycles. The first-order valence-electron chi connectivity index (χ1n) is 6.16. The summed E-state index contributed by atoms with van der Waals surface area (Å²) >= 11 is 7.48. The summed E-state index contributed by atoms with van der Waals surface area (Å²) in [6.07, 6.45) is 0. The predicted molar refractivity (Wildman–Crippen MR) is 85.1 cm³/mol. The second-order valence-corrected chi connectivity index (χ2v) is 5.81. The highest BCUT2D eigenvalue weighted by atomic mass is 35.5. The van der Waals surface area contributed by atoms with E-state index in [0.29, 0.717) is 16.7 Å². The lowest BCUT2D eigenvalue weighted by Crippen LogP contribution is -1.99. The van der Waals surface area contributed by atoms with Gasteiger partial charge in [-0.05, 0) is 17.7 Å². The van der Waals surface area contributed by atoms with E-state index in [0.717, 1.165) is 15.8 Å². The van der Waals surface area contributed by atoms with Crippen LogP contribution in [0.2, 0.25) is 5.02 Å². The van der Waals surface area contributed by atoms with E-state index >= 15 is 0 Å². The Morgan fingerprint density at radius 3 is 2.86 bits per heavy atom. The molecule has 1 N–H and O–H groups in total. The van der Waals surface area contributed by atoms with E-state index in [4.69, 9.17) is 11.6 Å². The van der Waals surface area contributed by atoms with Gasteiger partial charge in [-0.1, -0.05) is 41.1 Å². The minimum atomic E-state index is -0.407. The van der Waals surface area contributed by atoms with Crippen molar-refractivity contribution in [1.29, 1.82) is 0 Å². The number of fused-ring (bicyclic) bond motifs is 1. The van der Waals surface area contributed by atoms with Crippen molar-refractivity contribution in [2.24, 2.45) is 0 Å². The maximum absolute atomic E-state index is 10.8. The maximum atomic E-state index is 10.8. The number of anilines is 1. The Labute approximate surface area is 129 Å². The number of halogens is 1. The summed E-state index contributed by atoms with van der Waals surface area (Å²) in [6, 6.07) is 12.2. The summed E-state index contributed by atoms with van der Waals surface area (Å²) in [6.45, 7) is 0.557. The van der Waals surface area contributed by atoms with Gasteiger partial charge in [0.25, 0.3) is 5.69 Å². The van der Waals surface area contributed by atoms with Crippen LogP contribution in [0.4, 0.5) is 10.8 Å². The van der Waals surface area contributed by atoms with Crippen LogP contribution >= 0.6 is 22.9 Å². The normalized spacial score (nSPS) is 10.7. The maximum Gasteiger partial charge on any atom is 0.270 e. The van der Waals surface area contributed by atoms with E-state index in [1.807, 2.05) is 24.3 Å². The fourth-order valence-electron chi connectivity index (χ4n) is 1.92. The van der Waals surface area contributed by atoms with Crippen molar-refractivity contribution in [3.8, 4) is 0 Å². The molecule has 2 aromatic carbocycles. The molecule has 0 aliphatic heterocycles. The first-order chi connectivity index (χ1) is 10.1. The molecule has 0 spiro atoms. The smallest absolute Gasteiger partial charge is 0.270 e. The molecule has 106 valence electrons. The molecule has 3 rings (SSSR count). The quantitative estimate of drug-likeness (QED) is 0.569. The first kappa shape index (κ1) is 13.8. The summed E-state index contributed by atoms with van der Waals surface area (Å²) in [5, 5.41) is 15.4. The fraction of sp³-hybridized carbons (Fsp3) is 0.0714. The second-order valence-electron chi connectivity index (χ2n) is 4.37. The van der Waals surface area contributed by atoms with Gasteiger partial charge in [-0.2, -0.15) is 0 Å². The van der Waals surface area contributed by atoms with Gasteiger partial charge in [0, 0.05) is 23.7 Å². The molecule has 1 heterocycles. The van der Waals surface area contributed by atoms with Gasteiger partial charge in [0.1, 0.15) is 0 Å². The number of nitrogens with one attached hydrogen (secondary N) is 1. The Hall–Kier alpha value is -2.18. The third kappa shape index (κ3) is 2.96. The van der Waals surface area contributed by atoms with Gasteiger partial charge in [-0.3, -0.25) is 10.1 Å². The molecule has 0 bridgehead atoms. The van der Waals surface area contributed by atoms with Gasteiger partial charge in [-0.15, -0.1) is 0 Å². The van der Waals surface area contributed by atoms with Gasteiger partial charge in [0.15, 0.2) is 5.13 Å². The minimum Gasteiger partial charge on any atom is -0.357 e. The molecule has 1 aromatic heterocycles. The molecule has 5 nitrogen and oxygen atoms in total. The number of nitrogens with zero attached hydrogens (tertiary/aromatic N) is 2. The van der Waals surface area contributed by atoms with Crippen LogP contribution in [0.25, 0.3) is 10.2 Å². The number of nitro benzene ring substituents is 1. The number of thiazole rings is 1. The number of benzene rings is 2. The molecule has 7 heteroatoms. The van der Waals surface area contributed by atoms with Crippen LogP contribution in [-0.4, -0.2) is 9.91 Å². The minimum absolute atomic E-state index is 0.0730. The van der Waals surface area contributed by atoms with Crippen LogP contribution in [0, 0.1) is 10.1 Å². The molecule has 0 radical (unpaired) electrons. The summed E-state index contributed by atoms with van der Waals surface area (Å²) < 4.78 is 0.783. The van der Waals surface area contributed by atoms with Gasteiger partial charge in [0.2, 0.25) is 0 Å². The molecule has 0 saturated heterocycles. The van der Waals surface area contributed by atoms with Crippen LogP contribution in [0.15, 0.2) is 42.5 Å². The van der Waals surface area contributed by atoms with E-state index in [-0.39, 0.29) is 5.69 Å². The van der Waals surface area contributed by atoms with Crippen molar-refractivity contribution in [3.63, 3.8) is 0 Å². The van der Waals surface area contributed by atoms with E-state index in [2.05, 4.69) is 10.3 Å². The third-order valence-corrected chi connectivity index (χ3v) is 4.32. The SMILES string of the molecule is O=[N+]([O-])c1ccc2nc(NCc3ccccc3Cl)sc2c1. The molecule has 21 heavy (non-hydrogen) atoms. The third-order valence-electron chi connectivity index (χ3n) is 2.97. The number of non-ortho nitro benzene ring substituents is 1. The zero-order chi connectivity index (χ0) is 14.8. The van der Waals surface area contributed by atoms with Crippen LogP contribution in [0.1, 0.15) is 5.56 Å². The van der Waals surface area contributed by atoms with Crippen LogP contribution in [-0.2, 0) is 6.54 Å². The lowest BCUT2D eigenvalue weighted by molar-refractivity contribution is -0.384.